The third kappa shape index (κ3) is 3.14. The minimum atomic E-state index is -0.467. The van der Waals surface area contributed by atoms with Crippen LogP contribution in [-0.4, -0.2) is 0 Å². The van der Waals surface area contributed by atoms with Crippen LogP contribution in [0.4, 0.5) is 4.39 Å². The lowest BCUT2D eigenvalue weighted by molar-refractivity contribution is 0.627. The molecule has 0 unspecified atom stereocenters. The molecule has 0 nitrogen and oxygen atoms in total. The van der Waals surface area contributed by atoms with Crippen LogP contribution in [0.3, 0.4) is 0 Å². The number of halogens is 3. The molecule has 1 rings (SSSR count). The first-order chi connectivity index (χ1) is 6.54. The molecule has 0 saturated heterocycles. The van der Waals surface area contributed by atoms with Gasteiger partial charge in [-0.1, -0.05) is 57.0 Å². The Hall–Kier alpha value is -0.270. The molecule has 0 atom stereocenters. The standard InChI is InChI=1S/C9H9Cl2F.C2H6/c1-5(2)6-3-4-7(12)9(11)8(6)10;1-2/h3-5H,1-2H3;1-2H3. The van der Waals surface area contributed by atoms with Gasteiger partial charge in [0.25, 0.3) is 0 Å². The zero-order valence-corrected chi connectivity index (χ0v) is 10.4. The molecule has 3 heteroatoms. The smallest absolute Gasteiger partial charge is 0.143 e. The van der Waals surface area contributed by atoms with Crippen molar-refractivity contribution in [3.8, 4) is 0 Å². The van der Waals surface area contributed by atoms with Gasteiger partial charge in [-0.15, -0.1) is 0 Å². The number of rotatable bonds is 1. The molecule has 0 saturated carbocycles. The van der Waals surface area contributed by atoms with Gasteiger partial charge in [0, 0.05) is 0 Å². The third-order valence-corrected chi connectivity index (χ3v) is 2.56. The van der Waals surface area contributed by atoms with Gasteiger partial charge < -0.3 is 0 Å². The molecule has 0 aliphatic rings. The van der Waals surface area contributed by atoms with Crippen LogP contribution in [-0.2, 0) is 0 Å². The molecule has 0 aromatic heterocycles. The van der Waals surface area contributed by atoms with E-state index < -0.39 is 5.82 Å². The van der Waals surface area contributed by atoms with Gasteiger partial charge in [0.05, 0.1) is 10.0 Å². The first-order valence-electron chi connectivity index (χ1n) is 4.67. The lowest BCUT2D eigenvalue weighted by Gasteiger charge is -2.08. The van der Waals surface area contributed by atoms with E-state index in [1.54, 1.807) is 6.07 Å². The van der Waals surface area contributed by atoms with E-state index in [9.17, 15) is 4.39 Å². The summed E-state index contributed by atoms with van der Waals surface area (Å²) in [5.41, 5.74) is 0.878. The van der Waals surface area contributed by atoms with Crippen LogP contribution in [0, 0.1) is 5.82 Å². The normalized spacial score (nSPS) is 9.71. The second-order valence-electron chi connectivity index (χ2n) is 2.92. The van der Waals surface area contributed by atoms with E-state index >= 15 is 0 Å². The molecule has 0 fully saturated rings. The molecule has 0 N–H and O–H groups in total. The monoisotopic (exact) mass is 236 g/mol. The Morgan fingerprint density at radius 3 is 2.00 bits per heavy atom. The van der Waals surface area contributed by atoms with E-state index in [0.29, 0.717) is 5.02 Å². The molecule has 80 valence electrons. The predicted octanol–water partition coefficient (Wildman–Crippen LogP) is 5.28. The maximum atomic E-state index is 12.8. The van der Waals surface area contributed by atoms with Gasteiger partial charge in [-0.05, 0) is 17.5 Å². The molecular formula is C11H15Cl2F. The molecule has 0 aliphatic heterocycles. The lowest BCUT2D eigenvalue weighted by Crippen LogP contribution is -1.90. The van der Waals surface area contributed by atoms with Gasteiger partial charge in [-0.3, -0.25) is 0 Å². The first-order valence-corrected chi connectivity index (χ1v) is 5.43. The van der Waals surface area contributed by atoms with Crippen molar-refractivity contribution in [3.05, 3.63) is 33.6 Å². The second kappa shape index (κ2) is 6.26. The molecule has 1 aromatic carbocycles. The lowest BCUT2D eigenvalue weighted by atomic mass is 10.0. The van der Waals surface area contributed by atoms with Crippen molar-refractivity contribution >= 4 is 23.2 Å². The van der Waals surface area contributed by atoms with Gasteiger partial charge >= 0.3 is 0 Å². The van der Waals surface area contributed by atoms with Gasteiger partial charge in [-0.2, -0.15) is 0 Å². The molecule has 0 spiro atoms. The van der Waals surface area contributed by atoms with Crippen LogP contribution in [0.5, 0.6) is 0 Å². The van der Waals surface area contributed by atoms with E-state index in [0.717, 1.165) is 5.56 Å². The number of hydrogen-bond acceptors (Lipinski definition) is 0. The van der Waals surface area contributed by atoms with Crippen LogP contribution in [0.15, 0.2) is 12.1 Å². The van der Waals surface area contributed by atoms with Gasteiger partial charge in [0.15, 0.2) is 0 Å². The highest BCUT2D eigenvalue weighted by molar-refractivity contribution is 6.42. The van der Waals surface area contributed by atoms with Crippen molar-refractivity contribution in [3.63, 3.8) is 0 Å². The number of hydrogen-bond donors (Lipinski definition) is 0. The summed E-state index contributed by atoms with van der Waals surface area (Å²) in [6, 6.07) is 3.00. The Balaban J connectivity index is 0.000000791. The molecular weight excluding hydrogens is 222 g/mol. The minimum Gasteiger partial charge on any atom is -0.205 e. The van der Waals surface area contributed by atoms with Crippen molar-refractivity contribution in [2.75, 3.05) is 0 Å². The molecule has 0 aliphatic carbocycles. The van der Waals surface area contributed by atoms with E-state index in [1.807, 2.05) is 27.7 Å². The van der Waals surface area contributed by atoms with Gasteiger partial charge in [0.1, 0.15) is 5.82 Å². The third-order valence-electron chi connectivity index (χ3n) is 1.69. The maximum Gasteiger partial charge on any atom is 0.143 e. The summed E-state index contributed by atoms with van der Waals surface area (Å²) >= 11 is 11.4. The SMILES string of the molecule is CC.CC(C)c1ccc(F)c(Cl)c1Cl. The van der Waals surface area contributed by atoms with E-state index in [1.165, 1.54) is 6.07 Å². The summed E-state index contributed by atoms with van der Waals surface area (Å²) in [7, 11) is 0. The van der Waals surface area contributed by atoms with Crippen molar-refractivity contribution in [2.24, 2.45) is 0 Å². The first kappa shape index (κ1) is 13.7. The molecule has 14 heavy (non-hydrogen) atoms. The van der Waals surface area contributed by atoms with Crippen molar-refractivity contribution in [2.45, 2.75) is 33.6 Å². The topological polar surface area (TPSA) is 0 Å². The molecule has 0 amide bonds. The fraction of sp³-hybridized carbons (Fsp3) is 0.455. The van der Waals surface area contributed by atoms with E-state index in [2.05, 4.69) is 0 Å². The summed E-state index contributed by atoms with van der Waals surface area (Å²) in [5, 5.41) is 0.342. The summed E-state index contributed by atoms with van der Waals surface area (Å²) in [5.74, 6) is -0.207. The maximum absolute atomic E-state index is 12.8. The Bertz CT molecular complexity index is 296. The van der Waals surface area contributed by atoms with Gasteiger partial charge in [-0.25, -0.2) is 4.39 Å². The number of benzene rings is 1. The highest BCUT2D eigenvalue weighted by Gasteiger charge is 2.11. The summed E-state index contributed by atoms with van der Waals surface area (Å²) in [4.78, 5) is 0. The fourth-order valence-electron chi connectivity index (χ4n) is 0.987. The quantitative estimate of drug-likeness (QED) is 0.582. The van der Waals surface area contributed by atoms with Crippen LogP contribution in [0.1, 0.15) is 39.2 Å². The Morgan fingerprint density at radius 2 is 1.57 bits per heavy atom. The highest BCUT2D eigenvalue weighted by Crippen LogP contribution is 2.32. The predicted molar refractivity (Wildman–Crippen MR) is 61.9 cm³/mol. The molecule has 1 aromatic rings. The zero-order valence-electron chi connectivity index (χ0n) is 8.87. The second-order valence-corrected chi connectivity index (χ2v) is 3.68. The Labute approximate surface area is 95.0 Å². The van der Waals surface area contributed by atoms with E-state index in [4.69, 9.17) is 23.2 Å². The zero-order chi connectivity index (χ0) is 11.3. The molecule has 0 radical (unpaired) electrons. The summed E-state index contributed by atoms with van der Waals surface area (Å²) < 4.78 is 12.8. The summed E-state index contributed by atoms with van der Waals surface area (Å²) in [6.45, 7) is 7.96. The van der Waals surface area contributed by atoms with Crippen LogP contribution in [0.25, 0.3) is 0 Å². The van der Waals surface area contributed by atoms with Crippen LogP contribution in [0.2, 0.25) is 10.0 Å². The Kier molecular flexibility index (Phi) is 6.14. The largest absolute Gasteiger partial charge is 0.205 e. The molecule has 0 heterocycles. The average molecular weight is 237 g/mol. The van der Waals surface area contributed by atoms with Crippen LogP contribution < -0.4 is 0 Å². The van der Waals surface area contributed by atoms with Crippen molar-refractivity contribution in [1.29, 1.82) is 0 Å². The van der Waals surface area contributed by atoms with Crippen molar-refractivity contribution < 1.29 is 4.39 Å². The summed E-state index contributed by atoms with van der Waals surface area (Å²) in [6.07, 6.45) is 0. The Morgan fingerprint density at radius 1 is 1.07 bits per heavy atom. The van der Waals surface area contributed by atoms with Crippen molar-refractivity contribution in [1.82, 2.24) is 0 Å². The van der Waals surface area contributed by atoms with Crippen LogP contribution >= 0.6 is 23.2 Å². The fourth-order valence-corrected chi connectivity index (χ4v) is 1.53. The average Bonchev–Trinajstić information content (AvgIpc) is 2.17. The highest BCUT2D eigenvalue weighted by atomic mass is 35.5. The minimum absolute atomic E-state index is 0.0165. The molecule has 0 bridgehead atoms. The van der Waals surface area contributed by atoms with Gasteiger partial charge in [0.2, 0.25) is 0 Å². The van der Waals surface area contributed by atoms with E-state index in [-0.39, 0.29) is 10.9 Å².